The summed E-state index contributed by atoms with van der Waals surface area (Å²) in [7, 11) is 0. The summed E-state index contributed by atoms with van der Waals surface area (Å²) < 4.78 is 0. The van der Waals surface area contributed by atoms with Crippen LogP contribution in [0.25, 0.3) is 0 Å². The Morgan fingerprint density at radius 3 is 2.27 bits per heavy atom. The molecule has 0 rings (SSSR count). The molecule has 0 radical (unpaired) electrons. The standard InChI is InChI=1S/C8H21N3/c1-5-9-7-11(6-2)10-8(3)4/h8-10H,5-7H2,1-4H3. The van der Waals surface area contributed by atoms with Gasteiger partial charge >= 0.3 is 0 Å². The van der Waals surface area contributed by atoms with E-state index >= 15 is 0 Å². The summed E-state index contributed by atoms with van der Waals surface area (Å²) in [4.78, 5) is 0. The molecule has 0 aromatic rings. The van der Waals surface area contributed by atoms with Crippen molar-refractivity contribution in [2.45, 2.75) is 33.7 Å². The van der Waals surface area contributed by atoms with Crippen molar-refractivity contribution in [1.29, 1.82) is 0 Å². The molecule has 0 aromatic carbocycles. The van der Waals surface area contributed by atoms with Crippen LogP contribution in [0.15, 0.2) is 0 Å². The molecule has 0 aliphatic carbocycles. The van der Waals surface area contributed by atoms with Gasteiger partial charge in [0, 0.05) is 12.6 Å². The lowest BCUT2D eigenvalue weighted by Gasteiger charge is -2.23. The van der Waals surface area contributed by atoms with E-state index in [1.54, 1.807) is 0 Å². The van der Waals surface area contributed by atoms with Crippen molar-refractivity contribution in [2.24, 2.45) is 0 Å². The van der Waals surface area contributed by atoms with E-state index in [9.17, 15) is 0 Å². The first-order valence-electron chi connectivity index (χ1n) is 4.42. The van der Waals surface area contributed by atoms with Gasteiger partial charge in [0.25, 0.3) is 0 Å². The van der Waals surface area contributed by atoms with E-state index in [1.165, 1.54) is 0 Å². The SMILES string of the molecule is CCNCN(CC)NC(C)C. The number of nitrogens with zero attached hydrogens (tertiary/aromatic N) is 1. The van der Waals surface area contributed by atoms with E-state index in [-0.39, 0.29) is 0 Å². The second-order valence-corrected chi connectivity index (χ2v) is 2.90. The third kappa shape index (κ3) is 6.28. The largest absolute Gasteiger partial charge is 0.304 e. The molecule has 3 nitrogen and oxygen atoms in total. The van der Waals surface area contributed by atoms with Crippen LogP contribution in [0, 0.1) is 0 Å². The molecule has 0 saturated carbocycles. The maximum absolute atomic E-state index is 3.34. The minimum atomic E-state index is 0.522. The van der Waals surface area contributed by atoms with Crippen LogP contribution in [0.5, 0.6) is 0 Å². The summed E-state index contributed by atoms with van der Waals surface area (Å²) >= 11 is 0. The van der Waals surface area contributed by atoms with Crippen LogP contribution < -0.4 is 10.7 Å². The number of hydrogen-bond donors (Lipinski definition) is 2. The molecule has 2 N–H and O–H groups in total. The molecule has 0 atom stereocenters. The smallest absolute Gasteiger partial charge is 0.0620 e. The maximum Gasteiger partial charge on any atom is 0.0620 e. The van der Waals surface area contributed by atoms with Gasteiger partial charge in [0.1, 0.15) is 0 Å². The Bertz CT molecular complexity index is 83.4. The Morgan fingerprint density at radius 1 is 1.27 bits per heavy atom. The van der Waals surface area contributed by atoms with Crippen LogP contribution in [0.4, 0.5) is 0 Å². The summed E-state index contributed by atoms with van der Waals surface area (Å²) in [6, 6.07) is 0.522. The van der Waals surface area contributed by atoms with Crippen LogP contribution in [-0.2, 0) is 0 Å². The molecule has 3 heteroatoms. The average Bonchev–Trinajstić information content (AvgIpc) is 1.97. The first kappa shape index (κ1) is 10.9. The zero-order valence-corrected chi connectivity index (χ0v) is 8.15. The lowest BCUT2D eigenvalue weighted by molar-refractivity contribution is 0.163. The minimum Gasteiger partial charge on any atom is -0.304 e. The van der Waals surface area contributed by atoms with Gasteiger partial charge < -0.3 is 5.32 Å². The molecule has 0 fully saturated rings. The second kappa shape index (κ2) is 6.58. The fraction of sp³-hybridized carbons (Fsp3) is 1.00. The van der Waals surface area contributed by atoms with E-state index < -0.39 is 0 Å². The molecule has 0 aliphatic rings. The molecule has 0 aromatic heterocycles. The molecular weight excluding hydrogens is 138 g/mol. The number of rotatable bonds is 6. The van der Waals surface area contributed by atoms with Gasteiger partial charge in [-0.2, -0.15) is 0 Å². The van der Waals surface area contributed by atoms with Gasteiger partial charge in [0.15, 0.2) is 0 Å². The van der Waals surface area contributed by atoms with Crippen LogP contribution in [0.1, 0.15) is 27.7 Å². The zero-order valence-electron chi connectivity index (χ0n) is 8.15. The number of hydrazine groups is 1. The summed E-state index contributed by atoms with van der Waals surface area (Å²) in [5.41, 5.74) is 3.34. The van der Waals surface area contributed by atoms with Crippen LogP contribution >= 0.6 is 0 Å². The number of nitrogens with one attached hydrogen (secondary N) is 2. The van der Waals surface area contributed by atoms with Gasteiger partial charge in [-0.25, -0.2) is 5.01 Å². The van der Waals surface area contributed by atoms with Crippen molar-refractivity contribution >= 4 is 0 Å². The van der Waals surface area contributed by atoms with Crippen LogP contribution in [0.2, 0.25) is 0 Å². The quantitative estimate of drug-likeness (QED) is 0.443. The maximum atomic E-state index is 3.34. The normalized spacial score (nSPS) is 11.5. The van der Waals surface area contributed by atoms with Crippen molar-refractivity contribution in [3.63, 3.8) is 0 Å². The molecule has 0 spiro atoms. The summed E-state index contributed by atoms with van der Waals surface area (Å²) in [6.07, 6.45) is 0. The highest BCUT2D eigenvalue weighted by atomic mass is 15.5. The van der Waals surface area contributed by atoms with Gasteiger partial charge in [-0.1, -0.05) is 13.8 Å². The highest BCUT2D eigenvalue weighted by molar-refractivity contribution is 4.51. The first-order chi connectivity index (χ1) is 5.20. The molecule has 0 amide bonds. The monoisotopic (exact) mass is 159 g/mol. The molecule has 0 saturated heterocycles. The Balaban J connectivity index is 3.41. The molecule has 0 heterocycles. The van der Waals surface area contributed by atoms with E-state index in [1.807, 2.05) is 0 Å². The average molecular weight is 159 g/mol. The molecular formula is C8H21N3. The first-order valence-corrected chi connectivity index (χ1v) is 4.42. The Hall–Kier alpha value is -0.120. The van der Waals surface area contributed by atoms with Gasteiger partial charge in [0.2, 0.25) is 0 Å². The fourth-order valence-corrected chi connectivity index (χ4v) is 0.861. The minimum absolute atomic E-state index is 0.522. The van der Waals surface area contributed by atoms with Crippen molar-refractivity contribution in [3.8, 4) is 0 Å². The summed E-state index contributed by atoms with van der Waals surface area (Å²) in [6.45, 7) is 11.5. The van der Waals surface area contributed by atoms with Crippen molar-refractivity contribution < 1.29 is 0 Å². The molecule has 0 unspecified atom stereocenters. The van der Waals surface area contributed by atoms with Crippen LogP contribution in [-0.4, -0.2) is 30.8 Å². The van der Waals surface area contributed by atoms with E-state index in [4.69, 9.17) is 0 Å². The number of hydrogen-bond acceptors (Lipinski definition) is 3. The predicted molar refractivity (Wildman–Crippen MR) is 49.2 cm³/mol. The lowest BCUT2D eigenvalue weighted by Crippen LogP contribution is -2.46. The van der Waals surface area contributed by atoms with E-state index in [0.29, 0.717) is 6.04 Å². The van der Waals surface area contributed by atoms with Gasteiger partial charge in [-0.05, 0) is 20.4 Å². The zero-order chi connectivity index (χ0) is 8.69. The summed E-state index contributed by atoms with van der Waals surface area (Å²) in [5.74, 6) is 0. The summed E-state index contributed by atoms with van der Waals surface area (Å²) in [5, 5.41) is 5.44. The van der Waals surface area contributed by atoms with Crippen molar-refractivity contribution in [2.75, 3.05) is 19.8 Å². The molecule has 68 valence electrons. The van der Waals surface area contributed by atoms with Crippen LogP contribution in [0.3, 0.4) is 0 Å². The highest BCUT2D eigenvalue weighted by Crippen LogP contribution is 1.82. The molecule has 0 bridgehead atoms. The van der Waals surface area contributed by atoms with Gasteiger partial charge in [0.05, 0.1) is 6.67 Å². The third-order valence-electron chi connectivity index (χ3n) is 1.38. The topological polar surface area (TPSA) is 27.3 Å². The molecule has 0 aliphatic heterocycles. The van der Waals surface area contributed by atoms with Gasteiger partial charge in [-0.3, -0.25) is 5.43 Å². The van der Waals surface area contributed by atoms with Crippen molar-refractivity contribution in [1.82, 2.24) is 15.8 Å². The Kier molecular flexibility index (Phi) is 6.51. The third-order valence-corrected chi connectivity index (χ3v) is 1.38. The second-order valence-electron chi connectivity index (χ2n) is 2.90. The van der Waals surface area contributed by atoms with E-state index in [2.05, 4.69) is 43.4 Å². The predicted octanol–water partition coefficient (Wildman–Crippen LogP) is 0.788. The Morgan fingerprint density at radius 2 is 1.91 bits per heavy atom. The van der Waals surface area contributed by atoms with Crippen molar-refractivity contribution in [3.05, 3.63) is 0 Å². The lowest BCUT2D eigenvalue weighted by atomic mass is 10.4. The van der Waals surface area contributed by atoms with E-state index in [0.717, 1.165) is 19.8 Å². The van der Waals surface area contributed by atoms with Gasteiger partial charge in [-0.15, -0.1) is 0 Å². The molecule has 11 heavy (non-hydrogen) atoms. The highest BCUT2D eigenvalue weighted by Gasteiger charge is 2.00. The Labute approximate surface area is 70.1 Å². The fourth-order valence-electron chi connectivity index (χ4n) is 0.861.